The van der Waals surface area contributed by atoms with Crippen molar-refractivity contribution < 1.29 is 4.79 Å². The van der Waals surface area contributed by atoms with Crippen LogP contribution in [0.25, 0.3) is 16.5 Å². The van der Waals surface area contributed by atoms with Crippen molar-refractivity contribution in [3.8, 4) is 6.07 Å². The third kappa shape index (κ3) is 3.88. The second-order valence-electron chi connectivity index (χ2n) is 10.3. The molecule has 0 radical (unpaired) electrons. The van der Waals surface area contributed by atoms with Gasteiger partial charge in [0.1, 0.15) is 0 Å². The highest BCUT2D eigenvalue weighted by molar-refractivity contribution is 8.03. The Morgan fingerprint density at radius 1 is 1.25 bits per heavy atom. The van der Waals surface area contributed by atoms with Gasteiger partial charge in [-0.3, -0.25) is 14.4 Å². The summed E-state index contributed by atoms with van der Waals surface area (Å²) in [5.74, 6) is 0.470. The molecule has 2 aliphatic heterocycles. The van der Waals surface area contributed by atoms with Crippen molar-refractivity contribution >= 4 is 40.1 Å². The summed E-state index contributed by atoms with van der Waals surface area (Å²) in [6.07, 6.45) is 5.38. The predicted molar refractivity (Wildman–Crippen MR) is 143 cm³/mol. The summed E-state index contributed by atoms with van der Waals surface area (Å²) in [4.78, 5) is 20.1. The number of hydrogen-bond acceptors (Lipinski definition) is 6. The molecule has 6 rings (SSSR count). The van der Waals surface area contributed by atoms with E-state index in [4.69, 9.17) is 15.8 Å². The van der Waals surface area contributed by atoms with E-state index in [0.717, 1.165) is 46.5 Å². The fraction of sp³-hybridized carbons (Fsp3) is 0.357. The molecule has 2 N–H and O–H groups in total. The van der Waals surface area contributed by atoms with Crippen molar-refractivity contribution in [1.82, 2.24) is 14.7 Å². The highest BCUT2D eigenvalue weighted by Crippen LogP contribution is 2.50. The average Bonchev–Trinajstić information content (AvgIpc) is 3.37. The van der Waals surface area contributed by atoms with Crippen molar-refractivity contribution in [2.45, 2.75) is 49.4 Å². The minimum atomic E-state index is -0.735. The number of guanidine groups is 1. The summed E-state index contributed by atoms with van der Waals surface area (Å²) in [6.45, 7) is 3.00. The molecule has 2 aromatic carbocycles. The van der Waals surface area contributed by atoms with Crippen LogP contribution in [0.3, 0.4) is 0 Å². The third-order valence-electron chi connectivity index (χ3n) is 7.71. The van der Waals surface area contributed by atoms with Crippen LogP contribution in [-0.2, 0) is 11.3 Å². The van der Waals surface area contributed by atoms with Crippen LogP contribution >= 0.6 is 11.8 Å². The van der Waals surface area contributed by atoms with Gasteiger partial charge in [0.2, 0.25) is 5.91 Å². The number of benzene rings is 2. The van der Waals surface area contributed by atoms with Crippen LogP contribution in [0.2, 0.25) is 0 Å². The van der Waals surface area contributed by atoms with Crippen LogP contribution in [0.4, 0.5) is 0 Å². The number of aliphatic imine (C=N–C) groups is 1. The summed E-state index contributed by atoms with van der Waals surface area (Å²) in [5, 5.41) is 17.3. The van der Waals surface area contributed by atoms with Crippen molar-refractivity contribution in [2.75, 3.05) is 7.05 Å². The molecule has 0 bridgehead atoms. The lowest BCUT2D eigenvalue weighted by Gasteiger charge is -2.43. The molecule has 7 nitrogen and oxygen atoms in total. The summed E-state index contributed by atoms with van der Waals surface area (Å²) in [5.41, 5.74) is 10.2. The molecule has 3 aliphatic rings. The Labute approximate surface area is 214 Å². The second kappa shape index (κ2) is 8.52. The largest absolute Gasteiger partial charge is 0.369 e. The zero-order chi connectivity index (χ0) is 25.0. The van der Waals surface area contributed by atoms with Gasteiger partial charge in [-0.05, 0) is 78.5 Å². The molecule has 3 heterocycles. The van der Waals surface area contributed by atoms with E-state index in [1.54, 1.807) is 18.8 Å². The number of nitrogens with zero attached hydrogens (tertiary/aromatic N) is 5. The summed E-state index contributed by atoms with van der Waals surface area (Å²) >= 11 is 1.69. The maximum atomic E-state index is 13.7. The smallest absolute Gasteiger partial charge is 0.239 e. The Morgan fingerprint density at radius 2 is 2.08 bits per heavy atom. The molecule has 36 heavy (non-hydrogen) atoms. The zero-order valence-corrected chi connectivity index (χ0v) is 21.2. The summed E-state index contributed by atoms with van der Waals surface area (Å²) in [7, 11) is 1.69. The molecule has 1 amide bonds. The van der Waals surface area contributed by atoms with E-state index in [1.165, 1.54) is 17.7 Å². The first-order chi connectivity index (χ1) is 17.4. The summed E-state index contributed by atoms with van der Waals surface area (Å²) in [6, 6.07) is 16.0. The van der Waals surface area contributed by atoms with Gasteiger partial charge in [0, 0.05) is 30.4 Å². The van der Waals surface area contributed by atoms with Crippen LogP contribution in [0.5, 0.6) is 0 Å². The maximum Gasteiger partial charge on any atom is 0.239 e. The second-order valence-corrected chi connectivity index (χ2v) is 11.4. The van der Waals surface area contributed by atoms with E-state index >= 15 is 0 Å². The molecule has 3 atom stereocenters. The standard InChI is InChI=1S/C28H28N6OS/c1-28(24-12-22(16-36-24)19-5-3-4-18(10-19)13-29)25(26(35)33(2)27(30)31-28)20-8-9-23-21(11-20)15-34(32-23)14-17-6-7-17/h3-5,8-11,15-17,24-25H,6-7,12,14H2,1-2H3,(H2,30,31)/t24?,25-,28-/m1/s1. The lowest BCUT2D eigenvalue weighted by atomic mass is 9.74. The number of nitrogens with two attached hydrogens (primary N) is 1. The quantitative estimate of drug-likeness (QED) is 0.561. The van der Waals surface area contributed by atoms with E-state index in [1.807, 2.05) is 41.1 Å². The topological polar surface area (TPSA) is 100 Å². The molecule has 1 saturated carbocycles. The van der Waals surface area contributed by atoms with Gasteiger partial charge in [-0.1, -0.05) is 18.2 Å². The van der Waals surface area contributed by atoms with Crippen LogP contribution in [0.1, 0.15) is 48.8 Å². The highest BCUT2D eigenvalue weighted by atomic mass is 32.2. The van der Waals surface area contributed by atoms with Crippen molar-refractivity contribution in [2.24, 2.45) is 16.6 Å². The highest BCUT2D eigenvalue weighted by Gasteiger charge is 2.51. The van der Waals surface area contributed by atoms with Gasteiger partial charge >= 0.3 is 0 Å². The number of allylic oxidation sites excluding steroid dienone is 1. The van der Waals surface area contributed by atoms with Gasteiger partial charge in [-0.2, -0.15) is 10.4 Å². The molecule has 1 fully saturated rings. The normalized spacial score (nSPS) is 26.1. The minimum Gasteiger partial charge on any atom is -0.369 e. The Hall–Kier alpha value is -3.57. The van der Waals surface area contributed by atoms with Gasteiger partial charge in [0.05, 0.1) is 28.6 Å². The molecule has 8 heteroatoms. The van der Waals surface area contributed by atoms with Crippen molar-refractivity contribution in [3.63, 3.8) is 0 Å². The number of fused-ring (bicyclic) bond motifs is 1. The number of aromatic nitrogens is 2. The Bertz CT molecular complexity index is 1480. The monoisotopic (exact) mass is 496 g/mol. The zero-order valence-electron chi connectivity index (χ0n) is 20.4. The van der Waals surface area contributed by atoms with Gasteiger partial charge in [0.25, 0.3) is 0 Å². The Kier molecular flexibility index (Phi) is 5.41. The number of likely N-dealkylation sites (N-methyl/N-ethyl adjacent to an activating group) is 1. The molecule has 3 aromatic rings. The molecular weight excluding hydrogens is 468 g/mol. The molecule has 0 saturated heterocycles. The molecule has 0 spiro atoms. The SMILES string of the molecule is CN1C(=O)[C@@H](c2ccc3nn(CC4CC4)cc3c2)[C@@](C)(C2CC(c3cccc(C#N)c3)=CS2)N=C1N. The van der Waals surface area contributed by atoms with E-state index in [9.17, 15) is 10.1 Å². The lowest BCUT2D eigenvalue weighted by molar-refractivity contribution is -0.130. The van der Waals surface area contributed by atoms with Crippen LogP contribution < -0.4 is 5.73 Å². The van der Waals surface area contributed by atoms with Crippen LogP contribution in [0.15, 0.2) is 59.1 Å². The van der Waals surface area contributed by atoms with Crippen LogP contribution in [-0.4, -0.2) is 44.4 Å². The van der Waals surface area contributed by atoms with Crippen LogP contribution in [0, 0.1) is 17.2 Å². The molecule has 1 unspecified atom stereocenters. The van der Waals surface area contributed by atoms with E-state index in [2.05, 4.69) is 30.7 Å². The number of carbonyl (C=O) groups excluding carboxylic acids is 1. The molecular formula is C28H28N6OS. The maximum absolute atomic E-state index is 13.7. The Morgan fingerprint density at radius 3 is 2.86 bits per heavy atom. The first-order valence-electron chi connectivity index (χ1n) is 12.3. The van der Waals surface area contributed by atoms with Gasteiger partial charge in [0.15, 0.2) is 5.96 Å². The lowest BCUT2D eigenvalue weighted by Crippen LogP contribution is -2.57. The number of rotatable bonds is 5. The average molecular weight is 497 g/mol. The van der Waals surface area contributed by atoms with Gasteiger partial charge < -0.3 is 5.73 Å². The summed E-state index contributed by atoms with van der Waals surface area (Å²) < 4.78 is 2.04. The molecule has 1 aliphatic carbocycles. The number of amides is 1. The van der Waals surface area contributed by atoms with E-state index < -0.39 is 11.5 Å². The first-order valence-corrected chi connectivity index (χ1v) is 13.2. The van der Waals surface area contributed by atoms with Gasteiger partial charge in [-0.25, -0.2) is 4.99 Å². The van der Waals surface area contributed by atoms with E-state index in [-0.39, 0.29) is 17.1 Å². The number of nitriles is 1. The number of hydrogen-bond donors (Lipinski definition) is 1. The number of thioether (sulfide) groups is 1. The van der Waals surface area contributed by atoms with Crippen molar-refractivity contribution in [3.05, 3.63) is 70.8 Å². The van der Waals surface area contributed by atoms with Crippen molar-refractivity contribution in [1.29, 1.82) is 5.26 Å². The first kappa shape index (κ1) is 22.9. The van der Waals surface area contributed by atoms with E-state index in [0.29, 0.717) is 5.56 Å². The number of carbonyl (C=O) groups is 1. The fourth-order valence-electron chi connectivity index (χ4n) is 5.39. The predicted octanol–water partition coefficient (Wildman–Crippen LogP) is 4.49. The fourth-order valence-corrected chi connectivity index (χ4v) is 6.69. The molecule has 1 aromatic heterocycles. The third-order valence-corrected chi connectivity index (χ3v) is 9.10. The minimum absolute atomic E-state index is 0.0210. The Balaban J connectivity index is 1.35. The van der Waals surface area contributed by atoms with Gasteiger partial charge in [-0.15, -0.1) is 11.8 Å². The molecule has 182 valence electrons.